The first-order valence-corrected chi connectivity index (χ1v) is 15.1. The van der Waals surface area contributed by atoms with Gasteiger partial charge >= 0.3 is 0 Å². The fourth-order valence-corrected chi connectivity index (χ4v) is 6.45. The number of rotatable bonds is 6. The molecule has 1 nitrogen and oxygen atoms in total. The molecule has 0 aliphatic carbocycles. The van der Waals surface area contributed by atoms with E-state index >= 15 is 0 Å². The fraction of sp³-hybridized carbons (Fsp3) is 0.0233. The van der Waals surface area contributed by atoms with Gasteiger partial charge in [0.2, 0.25) is 0 Å². The fourth-order valence-electron chi connectivity index (χ4n) is 6.45. The van der Waals surface area contributed by atoms with Gasteiger partial charge in [-0.05, 0) is 80.3 Å². The monoisotopic (exact) mass is 562 g/mol. The van der Waals surface area contributed by atoms with E-state index in [2.05, 4.69) is 170 Å². The van der Waals surface area contributed by atoms with E-state index in [0.717, 1.165) is 23.0 Å². The lowest BCUT2D eigenvalue weighted by atomic mass is 9.87. The van der Waals surface area contributed by atoms with Crippen LogP contribution in [0.4, 0.5) is 0 Å². The van der Waals surface area contributed by atoms with Gasteiger partial charge < -0.3 is 4.42 Å². The van der Waals surface area contributed by atoms with E-state index in [4.69, 9.17) is 4.42 Å². The van der Waals surface area contributed by atoms with E-state index in [1.807, 2.05) is 0 Å². The molecule has 208 valence electrons. The average Bonchev–Trinajstić information content (AvgIpc) is 3.48. The molecule has 1 heteroatoms. The van der Waals surface area contributed by atoms with Crippen molar-refractivity contribution in [1.82, 2.24) is 0 Å². The predicted molar refractivity (Wildman–Crippen MR) is 185 cm³/mol. The molecule has 1 aromatic heterocycles. The molecule has 0 unspecified atom stereocenters. The highest BCUT2D eigenvalue weighted by molar-refractivity contribution is 6.09. The predicted octanol–water partition coefficient (Wildman–Crippen LogP) is 11.8. The Morgan fingerprint density at radius 1 is 0.386 bits per heavy atom. The van der Waals surface area contributed by atoms with Crippen molar-refractivity contribution in [1.29, 1.82) is 0 Å². The first-order chi connectivity index (χ1) is 21.8. The molecule has 0 radical (unpaired) electrons. The van der Waals surface area contributed by atoms with Crippen molar-refractivity contribution in [2.75, 3.05) is 0 Å². The zero-order valence-electron chi connectivity index (χ0n) is 24.3. The van der Waals surface area contributed by atoms with Crippen LogP contribution in [0.3, 0.4) is 0 Å². The molecular formula is C43H30O. The third-order valence-corrected chi connectivity index (χ3v) is 8.56. The lowest BCUT2D eigenvalue weighted by Crippen LogP contribution is -1.91. The Balaban J connectivity index is 1.29. The van der Waals surface area contributed by atoms with Crippen LogP contribution < -0.4 is 0 Å². The summed E-state index contributed by atoms with van der Waals surface area (Å²) < 4.78 is 6.38. The molecule has 0 spiro atoms. The Bertz CT molecular complexity index is 2210. The van der Waals surface area contributed by atoms with Gasteiger partial charge in [-0.3, -0.25) is 0 Å². The quantitative estimate of drug-likeness (QED) is 0.196. The Morgan fingerprint density at radius 2 is 0.955 bits per heavy atom. The van der Waals surface area contributed by atoms with Crippen LogP contribution in [0, 0.1) is 0 Å². The molecule has 44 heavy (non-hydrogen) atoms. The van der Waals surface area contributed by atoms with Gasteiger partial charge in [0, 0.05) is 10.8 Å². The standard InChI is InChI=1S/C43H30O/c1-4-12-30(13-5-1)28-36-18-10-21-41-43(36)39-29-35(26-27-40(39)44-41)38-20-11-19-37(42(38)34-16-8-3-9-17-34)33-24-22-32(23-25-33)31-14-6-2-7-15-31/h1-27,29H,28H2. The van der Waals surface area contributed by atoms with Crippen molar-refractivity contribution in [3.63, 3.8) is 0 Å². The van der Waals surface area contributed by atoms with Crippen LogP contribution in [0.1, 0.15) is 11.1 Å². The van der Waals surface area contributed by atoms with Crippen LogP contribution in [-0.2, 0) is 6.42 Å². The zero-order valence-corrected chi connectivity index (χ0v) is 24.3. The normalized spacial score (nSPS) is 11.3. The van der Waals surface area contributed by atoms with Crippen molar-refractivity contribution < 1.29 is 4.42 Å². The maximum Gasteiger partial charge on any atom is 0.135 e. The average molecular weight is 563 g/mol. The summed E-state index contributed by atoms with van der Waals surface area (Å²) >= 11 is 0. The summed E-state index contributed by atoms with van der Waals surface area (Å²) in [6.07, 6.45) is 0.862. The Morgan fingerprint density at radius 3 is 1.68 bits per heavy atom. The minimum absolute atomic E-state index is 0.862. The van der Waals surface area contributed by atoms with Gasteiger partial charge in [0.1, 0.15) is 11.2 Å². The molecule has 0 fully saturated rings. The van der Waals surface area contributed by atoms with Crippen LogP contribution in [0.15, 0.2) is 174 Å². The SMILES string of the molecule is c1ccc(Cc2cccc3oc4ccc(-c5cccc(-c6ccc(-c7ccccc7)cc6)c5-c5ccccc5)cc4c23)cc1. The minimum atomic E-state index is 0.862. The lowest BCUT2D eigenvalue weighted by molar-refractivity contribution is 0.669. The maximum absolute atomic E-state index is 6.38. The van der Waals surface area contributed by atoms with Crippen LogP contribution in [0.5, 0.6) is 0 Å². The molecule has 0 N–H and O–H groups in total. The second kappa shape index (κ2) is 11.2. The molecule has 0 atom stereocenters. The van der Waals surface area contributed by atoms with Gasteiger partial charge in [0.15, 0.2) is 0 Å². The summed E-state index contributed by atoms with van der Waals surface area (Å²) in [6.45, 7) is 0. The molecule has 1 heterocycles. The van der Waals surface area contributed by atoms with E-state index in [0.29, 0.717) is 0 Å². The topological polar surface area (TPSA) is 13.1 Å². The summed E-state index contributed by atoms with van der Waals surface area (Å²) in [5.74, 6) is 0. The van der Waals surface area contributed by atoms with Crippen LogP contribution in [0.25, 0.3) is 66.4 Å². The largest absolute Gasteiger partial charge is 0.456 e. The van der Waals surface area contributed by atoms with Crippen molar-refractivity contribution >= 4 is 21.9 Å². The minimum Gasteiger partial charge on any atom is -0.456 e. The van der Waals surface area contributed by atoms with Gasteiger partial charge in [0.05, 0.1) is 0 Å². The van der Waals surface area contributed by atoms with Gasteiger partial charge in [-0.1, -0.05) is 152 Å². The Hall–Kier alpha value is -5.66. The smallest absolute Gasteiger partial charge is 0.135 e. The lowest BCUT2D eigenvalue weighted by Gasteiger charge is -2.17. The van der Waals surface area contributed by atoms with Gasteiger partial charge in [-0.25, -0.2) is 0 Å². The molecular weight excluding hydrogens is 532 g/mol. The number of furan rings is 1. The molecule has 0 saturated heterocycles. The van der Waals surface area contributed by atoms with Crippen molar-refractivity contribution in [3.8, 4) is 44.5 Å². The second-order valence-electron chi connectivity index (χ2n) is 11.3. The highest BCUT2D eigenvalue weighted by Gasteiger charge is 2.17. The van der Waals surface area contributed by atoms with E-state index in [9.17, 15) is 0 Å². The second-order valence-corrected chi connectivity index (χ2v) is 11.3. The number of hydrogen-bond acceptors (Lipinski definition) is 1. The molecule has 8 aromatic rings. The van der Waals surface area contributed by atoms with Crippen molar-refractivity contribution in [2.45, 2.75) is 6.42 Å². The summed E-state index contributed by atoms with van der Waals surface area (Å²) in [5.41, 5.74) is 14.1. The van der Waals surface area contributed by atoms with Gasteiger partial charge in [0.25, 0.3) is 0 Å². The zero-order chi connectivity index (χ0) is 29.3. The molecule has 0 saturated carbocycles. The van der Waals surface area contributed by atoms with Gasteiger partial charge in [-0.15, -0.1) is 0 Å². The third-order valence-electron chi connectivity index (χ3n) is 8.56. The van der Waals surface area contributed by atoms with Gasteiger partial charge in [-0.2, -0.15) is 0 Å². The third kappa shape index (κ3) is 4.79. The first-order valence-electron chi connectivity index (χ1n) is 15.1. The summed E-state index contributed by atoms with van der Waals surface area (Å²) in [7, 11) is 0. The number of benzene rings is 7. The van der Waals surface area contributed by atoms with Crippen molar-refractivity contribution in [3.05, 3.63) is 181 Å². The van der Waals surface area contributed by atoms with Crippen molar-refractivity contribution in [2.24, 2.45) is 0 Å². The highest BCUT2D eigenvalue weighted by atomic mass is 16.3. The highest BCUT2D eigenvalue weighted by Crippen LogP contribution is 2.42. The summed E-state index contributed by atoms with van der Waals surface area (Å²) in [6, 6.07) is 60.6. The van der Waals surface area contributed by atoms with E-state index in [1.54, 1.807) is 0 Å². The molecule has 8 rings (SSSR count). The molecule has 7 aromatic carbocycles. The molecule has 0 aliphatic heterocycles. The summed E-state index contributed by atoms with van der Waals surface area (Å²) in [4.78, 5) is 0. The van der Waals surface area contributed by atoms with E-state index < -0.39 is 0 Å². The Kier molecular flexibility index (Phi) is 6.62. The molecule has 0 amide bonds. The number of hydrogen-bond donors (Lipinski definition) is 0. The molecule has 0 aliphatic rings. The van der Waals surface area contributed by atoms with Crippen LogP contribution in [0.2, 0.25) is 0 Å². The maximum atomic E-state index is 6.38. The first kappa shape index (κ1) is 26.0. The van der Waals surface area contributed by atoms with E-state index in [1.165, 1.54) is 61.0 Å². The van der Waals surface area contributed by atoms with Crippen LogP contribution in [-0.4, -0.2) is 0 Å². The summed E-state index contributed by atoms with van der Waals surface area (Å²) in [5, 5.41) is 2.35. The Labute approximate surface area is 257 Å². The van der Waals surface area contributed by atoms with Crippen LogP contribution >= 0.6 is 0 Å². The van der Waals surface area contributed by atoms with E-state index in [-0.39, 0.29) is 0 Å². The molecule has 0 bridgehead atoms. The number of fused-ring (bicyclic) bond motifs is 3.